The Morgan fingerprint density at radius 2 is 2.10 bits per heavy atom. The minimum atomic E-state index is -0.834. The second-order valence-electron chi connectivity index (χ2n) is 6.78. The van der Waals surface area contributed by atoms with Crippen LogP contribution in [0.25, 0.3) is 0 Å². The molecule has 0 N–H and O–H groups in total. The number of methoxy groups -OCH3 is 1. The summed E-state index contributed by atoms with van der Waals surface area (Å²) in [6, 6.07) is 0. The van der Waals surface area contributed by atoms with Gasteiger partial charge in [0.2, 0.25) is 0 Å². The van der Waals surface area contributed by atoms with E-state index in [0.29, 0.717) is 12.2 Å². The smallest absolute Gasteiger partial charge is 0.306 e. The first kappa shape index (κ1) is 14.5. The first-order valence-electron chi connectivity index (χ1n) is 7.65. The van der Waals surface area contributed by atoms with Crippen molar-refractivity contribution in [1.29, 1.82) is 0 Å². The molecular formula is C15H24O4S. The molecule has 1 spiro atoms. The van der Waals surface area contributed by atoms with E-state index in [-0.39, 0.29) is 22.2 Å². The lowest BCUT2D eigenvalue weighted by Gasteiger charge is -2.47. The largest absolute Gasteiger partial charge is 0.469 e. The lowest BCUT2D eigenvalue weighted by atomic mass is 9.75. The molecule has 0 amide bonds. The lowest BCUT2D eigenvalue weighted by Crippen LogP contribution is -2.48. The van der Waals surface area contributed by atoms with E-state index in [4.69, 9.17) is 9.47 Å². The molecule has 2 saturated carbocycles. The number of ether oxygens (including phenoxy) is 2. The van der Waals surface area contributed by atoms with Gasteiger partial charge >= 0.3 is 5.97 Å². The molecule has 0 aromatic rings. The highest BCUT2D eigenvalue weighted by molar-refractivity contribution is 7.85. The fraction of sp³-hybridized carbons (Fsp3) is 0.933. The fourth-order valence-corrected chi connectivity index (χ4v) is 5.55. The highest BCUT2D eigenvalue weighted by atomic mass is 32.2. The zero-order valence-electron chi connectivity index (χ0n) is 12.2. The maximum atomic E-state index is 12.7. The summed E-state index contributed by atoms with van der Waals surface area (Å²) in [4.78, 5) is 11.4. The summed E-state index contributed by atoms with van der Waals surface area (Å²) in [6.07, 6.45) is 7.83. The maximum absolute atomic E-state index is 12.7. The molecule has 0 aromatic carbocycles. The molecule has 20 heavy (non-hydrogen) atoms. The molecule has 0 radical (unpaired) electrons. The van der Waals surface area contributed by atoms with Gasteiger partial charge in [0.25, 0.3) is 0 Å². The van der Waals surface area contributed by atoms with Gasteiger partial charge in [0.15, 0.2) is 0 Å². The molecule has 3 fully saturated rings. The van der Waals surface area contributed by atoms with E-state index in [0.717, 1.165) is 45.1 Å². The average molecular weight is 300 g/mol. The number of hydrogen-bond acceptors (Lipinski definition) is 4. The monoisotopic (exact) mass is 300 g/mol. The van der Waals surface area contributed by atoms with E-state index >= 15 is 0 Å². The van der Waals surface area contributed by atoms with Crippen molar-refractivity contribution < 1.29 is 18.5 Å². The van der Waals surface area contributed by atoms with E-state index in [2.05, 4.69) is 0 Å². The quantitative estimate of drug-likeness (QED) is 0.730. The molecule has 2 unspecified atom stereocenters. The summed E-state index contributed by atoms with van der Waals surface area (Å²) >= 11 is 0. The Kier molecular flexibility index (Phi) is 3.93. The molecule has 0 bridgehead atoms. The summed E-state index contributed by atoms with van der Waals surface area (Å²) in [5.41, 5.74) is 0.0284. The van der Waals surface area contributed by atoms with Gasteiger partial charge in [-0.25, -0.2) is 0 Å². The van der Waals surface area contributed by atoms with E-state index in [9.17, 15) is 9.00 Å². The summed E-state index contributed by atoms with van der Waals surface area (Å²) in [5, 5.41) is 0.263. The highest BCUT2D eigenvalue weighted by Gasteiger charge is 2.49. The van der Waals surface area contributed by atoms with Crippen LogP contribution in [0, 0.1) is 5.41 Å². The third kappa shape index (κ3) is 2.93. The van der Waals surface area contributed by atoms with Gasteiger partial charge in [-0.15, -0.1) is 0 Å². The molecule has 0 aromatic heterocycles. The Balaban J connectivity index is 1.55. The van der Waals surface area contributed by atoms with Crippen molar-refractivity contribution >= 4 is 16.8 Å². The molecule has 2 atom stereocenters. The minimum absolute atomic E-state index is 0.0248. The van der Waals surface area contributed by atoms with Crippen molar-refractivity contribution in [3.63, 3.8) is 0 Å². The normalized spacial score (nSPS) is 31.4. The predicted octanol–water partition coefficient (Wildman–Crippen LogP) is 2.18. The van der Waals surface area contributed by atoms with Gasteiger partial charge < -0.3 is 9.47 Å². The standard InChI is InChI=1S/C15H24O4S/c1-18-13(16)10-14(6-7-14)11-20(17)12-3-8-19-15(9-12)4-2-5-15/h12H,2-11H2,1H3. The number of esters is 1. The third-order valence-electron chi connectivity index (χ3n) is 5.24. The second-order valence-corrected chi connectivity index (χ2v) is 8.49. The highest BCUT2D eigenvalue weighted by Crippen LogP contribution is 2.51. The maximum Gasteiger partial charge on any atom is 0.306 e. The minimum Gasteiger partial charge on any atom is -0.469 e. The van der Waals surface area contributed by atoms with Crippen LogP contribution >= 0.6 is 0 Å². The number of carbonyl (C=O) groups is 1. The Labute approximate surface area is 123 Å². The molecule has 114 valence electrons. The molecule has 3 aliphatic rings. The first-order chi connectivity index (χ1) is 9.56. The molecule has 1 saturated heterocycles. The molecule has 1 heterocycles. The Morgan fingerprint density at radius 3 is 2.65 bits per heavy atom. The molecule has 3 rings (SSSR count). The van der Waals surface area contributed by atoms with Crippen molar-refractivity contribution in [2.24, 2.45) is 5.41 Å². The molecule has 1 aliphatic heterocycles. The van der Waals surface area contributed by atoms with Crippen LogP contribution in [0.4, 0.5) is 0 Å². The Hall–Kier alpha value is -0.420. The first-order valence-corrected chi connectivity index (χ1v) is 9.03. The van der Waals surface area contributed by atoms with E-state index in [1.807, 2.05) is 0 Å². The van der Waals surface area contributed by atoms with E-state index in [1.54, 1.807) is 0 Å². The van der Waals surface area contributed by atoms with Crippen LogP contribution in [0.3, 0.4) is 0 Å². The van der Waals surface area contributed by atoms with Crippen LogP contribution in [-0.2, 0) is 25.1 Å². The number of carbonyl (C=O) groups excluding carboxylic acids is 1. The topological polar surface area (TPSA) is 52.6 Å². The predicted molar refractivity (Wildman–Crippen MR) is 76.9 cm³/mol. The summed E-state index contributed by atoms with van der Waals surface area (Å²) in [6.45, 7) is 0.750. The van der Waals surface area contributed by atoms with Gasteiger partial charge in [0.1, 0.15) is 0 Å². The Morgan fingerprint density at radius 1 is 1.35 bits per heavy atom. The SMILES string of the molecule is COC(=O)CC1(CS(=O)C2CCOC3(CCC3)C2)CC1. The van der Waals surface area contributed by atoms with Gasteiger partial charge in [-0.1, -0.05) is 0 Å². The van der Waals surface area contributed by atoms with Gasteiger partial charge in [-0.2, -0.15) is 0 Å². The second kappa shape index (κ2) is 5.41. The number of hydrogen-bond donors (Lipinski definition) is 0. The van der Waals surface area contributed by atoms with Crippen LogP contribution in [-0.4, -0.2) is 40.5 Å². The Bertz CT molecular complexity index is 412. The molecule has 2 aliphatic carbocycles. The van der Waals surface area contributed by atoms with Crippen molar-refractivity contribution in [2.45, 2.75) is 62.2 Å². The molecular weight excluding hydrogens is 276 g/mol. The van der Waals surface area contributed by atoms with Gasteiger partial charge in [0, 0.05) is 28.4 Å². The average Bonchev–Trinajstić information content (AvgIpc) is 3.16. The summed E-state index contributed by atoms with van der Waals surface area (Å²) < 4.78 is 23.3. The zero-order chi connectivity index (χ0) is 14.2. The van der Waals surface area contributed by atoms with Gasteiger partial charge in [-0.05, 0) is 50.4 Å². The zero-order valence-corrected chi connectivity index (χ0v) is 13.0. The fourth-order valence-electron chi connectivity index (χ4n) is 3.47. The van der Waals surface area contributed by atoms with E-state index in [1.165, 1.54) is 13.5 Å². The summed E-state index contributed by atoms with van der Waals surface area (Å²) in [5.74, 6) is 0.505. The van der Waals surface area contributed by atoms with Crippen LogP contribution in [0.15, 0.2) is 0 Å². The van der Waals surface area contributed by atoms with Crippen LogP contribution in [0.1, 0.15) is 51.4 Å². The van der Waals surface area contributed by atoms with Gasteiger partial charge in [0.05, 0.1) is 19.1 Å². The third-order valence-corrected chi connectivity index (χ3v) is 7.28. The van der Waals surface area contributed by atoms with Crippen molar-refractivity contribution in [1.82, 2.24) is 0 Å². The molecule has 5 heteroatoms. The van der Waals surface area contributed by atoms with Crippen LogP contribution in [0.2, 0.25) is 0 Å². The molecule has 4 nitrogen and oxygen atoms in total. The number of rotatable bonds is 5. The van der Waals surface area contributed by atoms with Crippen molar-refractivity contribution in [2.75, 3.05) is 19.5 Å². The van der Waals surface area contributed by atoms with Crippen LogP contribution < -0.4 is 0 Å². The lowest BCUT2D eigenvalue weighted by molar-refractivity contribution is -0.141. The van der Waals surface area contributed by atoms with Crippen LogP contribution in [0.5, 0.6) is 0 Å². The summed E-state index contributed by atoms with van der Waals surface area (Å²) in [7, 11) is 0.591. The van der Waals surface area contributed by atoms with E-state index < -0.39 is 10.8 Å². The van der Waals surface area contributed by atoms with Crippen molar-refractivity contribution in [3.8, 4) is 0 Å². The van der Waals surface area contributed by atoms with Gasteiger partial charge in [-0.3, -0.25) is 9.00 Å². The van der Waals surface area contributed by atoms with Crippen molar-refractivity contribution in [3.05, 3.63) is 0 Å².